The van der Waals surface area contributed by atoms with Gasteiger partial charge in [-0.3, -0.25) is 4.90 Å². The highest BCUT2D eigenvalue weighted by atomic mass is 32.1. The maximum atomic E-state index is 10.2. The lowest BCUT2D eigenvalue weighted by Crippen LogP contribution is -2.35. The quantitative estimate of drug-likeness (QED) is 0.774. The van der Waals surface area contributed by atoms with Gasteiger partial charge in [-0.15, -0.1) is 11.3 Å². The van der Waals surface area contributed by atoms with Crippen LogP contribution in [0.5, 0.6) is 0 Å². The smallest absolute Gasteiger partial charge is 0.129 e. The standard InChI is InChI=1S/C16H21NO3S/c18-14(11-19-12-15-3-1-7-20-15)9-17(13-5-6-13)10-16-4-2-8-21-16/h1-4,7-8,13-14,18H,5-6,9-12H2. The van der Waals surface area contributed by atoms with Gasteiger partial charge in [0.05, 0.1) is 19.0 Å². The van der Waals surface area contributed by atoms with E-state index in [1.165, 1.54) is 17.7 Å². The summed E-state index contributed by atoms with van der Waals surface area (Å²) in [7, 11) is 0. The van der Waals surface area contributed by atoms with Crippen LogP contribution in [0.1, 0.15) is 23.5 Å². The van der Waals surface area contributed by atoms with Crippen molar-refractivity contribution in [2.75, 3.05) is 13.2 Å². The van der Waals surface area contributed by atoms with Crippen LogP contribution in [0.25, 0.3) is 0 Å². The molecular weight excluding hydrogens is 286 g/mol. The van der Waals surface area contributed by atoms with Crippen LogP contribution in [0.3, 0.4) is 0 Å². The van der Waals surface area contributed by atoms with Crippen LogP contribution in [0.4, 0.5) is 0 Å². The van der Waals surface area contributed by atoms with Gasteiger partial charge in [-0.2, -0.15) is 0 Å². The number of thiophene rings is 1. The molecule has 4 nitrogen and oxygen atoms in total. The van der Waals surface area contributed by atoms with E-state index in [1.807, 2.05) is 12.1 Å². The minimum absolute atomic E-state index is 0.342. The Morgan fingerprint density at radius 3 is 2.95 bits per heavy atom. The summed E-state index contributed by atoms with van der Waals surface area (Å²) in [6.45, 7) is 2.35. The molecule has 1 saturated carbocycles. The summed E-state index contributed by atoms with van der Waals surface area (Å²) in [6, 6.07) is 8.57. The number of hydrogen-bond donors (Lipinski definition) is 1. The number of aliphatic hydroxyl groups excluding tert-OH is 1. The van der Waals surface area contributed by atoms with Crippen molar-refractivity contribution in [3.8, 4) is 0 Å². The van der Waals surface area contributed by atoms with Gasteiger partial charge in [-0.1, -0.05) is 6.07 Å². The molecule has 114 valence electrons. The van der Waals surface area contributed by atoms with Crippen LogP contribution in [0, 0.1) is 0 Å². The molecule has 0 aliphatic heterocycles. The molecule has 1 aliphatic carbocycles. The molecule has 1 N–H and O–H groups in total. The van der Waals surface area contributed by atoms with Crippen molar-refractivity contribution in [1.82, 2.24) is 4.90 Å². The fraction of sp³-hybridized carbons (Fsp3) is 0.500. The Bertz CT molecular complexity index is 508. The third-order valence-electron chi connectivity index (χ3n) is 3.58. The van der Waals surface area contributed by atoms with Crippen LogP contribution < -0.4 is 0 Å². The normalized spacial score (nSPS) is 16.5. The van der Waals surface area contributed by atoms with Gasteiger partial charge in [-0.05, 0) is 36.4 Å². The maximum absolute atomic E-state index is 10.2. The summed E-state index contributed by atoms with van der Waals surface area (Å²) < 4.78 is 10.7. The Morgan fingerprint density at radius 2 is 2.29 bits per heavy atom. The predicted octanol–water partition coefficient (Wildman–Crippen LogP) is 2.88. The molecule has 2 heterocycles. The average molecular weight is 307 g/mol. The summed E-state index contributed by atoms with van der Waals surface area (Å²) in [5.74, 6) is 0.792. The van der Waals surface area contributed by atoms with Crippen molar-refractivity contribution in [2.45, 2.75) is 38.1 Å². The van der Waals surface area contributed by atoms with Gasteiger partial charge in [0.25, 0.3) is 0 Å². The Hall–Kier alpha value is -1.14. The van der Waals surface area contributed by atoms with E-state index in [0.29, 0.717) is 25.8 Å². The Balaban J connectivity index is 1.42. The summed E-state index contributed by atoms with van der Waals surface area (Å²) in [4.78, 5) is 3.72. The summed E-state index contributed by atoms with van der Waals surface area (Å²) in [5.41, 5.74) is 0. The lowest BCUT2D eigenvalue weighted by atomic mass is 10.3. The van der Waals surface area contributed by atoms with Crippen LogP contribution >= 0.6 is 11.3 Å². The molecule has 3 rings (SSSR count). The van der Waals surface area contributed by atoms with Gasteiger partial charge < -0.3 is 14.3 Å². The molecule has 2 aromatic heterocycles. The number of hydrogen-bond acceptors (Lipinski definition) is 5. The highest BCUT2D eigenvalue weighted by Crippen LogP contribution is 2.29. The Labute approximate surface area is 129 Å². The second kappa shape index (κ2) is 7.22. The van der Waals surface area contributed by atoms with E-state index in [0.717, 1.165) is 12.3 Å². The van der Waals surface area contributed by atoms with E-state index in [1.54, 1.807) is 17.6 Å². The minimum Gasteiger partial charge on any atom is -0.467 e. The first-order valence-corrected chi connectivity index (χ1v) is 8.24. The zero-order valence-corrected chi connectivity index (χ0v) is 12.8. The van der Waals surface area contributed by atoms with E-state index in [9.17, 15) is 5.11 Å². The van der Waals surface area contributed by atoms with Crippen molar-refractivity contribution < 1.29 is 14.3 Å². The zero-order chi connectivity index (χ0) is 14.5. The molecule has 1 atom stereocenters. The molecule has 0 spiro atoms. The molecule has 1 aliphatic rings. The lowest BCUT2D eigenvalue weighted by Gasteiger charge is -2.24. The third kappa shape index (κ3) is 4.68. The molecule has 0 saturated heterocycles. The van der Waals surface area contributed by atoms with Gasteiger partial charge in [0.15, 0.2) is 0 Å². The first kappa shape index (κ1) is 14.8. The van der Waals surface area contributed by atoms with Gasteiger partial charge in [-0.25, -0.2) is 0 Å². The molecule has 2 aromatic rings. The molecule has 0 bridgehead atoms. The monoisotopic (exact) mass is 307 g/mol. The number of furan rings is 1. The molecule has 21 heavy (non-hydrogen) atoms. The average Bonchev–Trinajstić information content (AvgIpc) is 2.97. The topological polar surface area (TPSA) is 45.8 Å². The van der Waals surface area contributed by atoms with E-state index in [2.05, 4.69) is 22.4 Å². The van der Waals surface area contributed by atoms with E-state index < -0.39 is 6.10 Å². The number of aliphatic hydroxyl groups is 1. The summed E-state index contributed by atoms with van der Waals surface area (Å²) in [5, 5.41) is 12.3. The number of rotatable bonds is 9. The predicted molar refractivity (Wildman–Crippen MR) is 82.1 cm³/mol. The van der Waals surface area contributed by atoms with E-state index >= 15 is 0 Å². The van der Waals surface area contributed by atoms with Gasteiger partial charge >= 0.3 is 0 Å². The van der Waals surface area contributed by atoms with Gasteiger partial charge in [0.1, 0.15) is 12.4 Å². The molecule has 5 heteroatoms. The van der Waals surface area contributed by atoms with Crippen molar-refractivity contribution >= 4 is 11.3 Å². The van der Waals surface area contributed by atoms with Crippen LogP contribution in [0.15, 0.2) is 40.3 Å². The largest absolute Gasteiger partial charge is 0.467 e. The second-order valence-electron chi connectivity index (χ2n) is 5.49. The van der Waals surface area contributed by atoms with E-state index in [4.69, 9.17) is 9.15 Å². The SMILES string of the molecule is OC(COCc1ccco1)CN(Cc1cccs1)C1CC1. The molecule has 0 aromatic carbocycles. The Morgan fingerprint density at radius 1 is 1.38 bits per heavy atom. The van der Waals surface area contributed by atoms with Crippen molar-refractivity contribution in [1.29, 1.82) is 0 Å². The summed E-state index contributed by atoms with van der Waals surface area (Å²) >= 11 is 1.77. The molecule has 0 radical (unpaired) electrons. The number of nitrogens with zero attached hydrogens (tertiary/aromatic N) is 1. The van der Waals surface area contributed by atoms with Crippen LogP contribution in [-0.2, 0) is 17.9 Å². The fourth-order valence-electron chi connectivity index (χ4n) is 2.40. The maximum Gasteiger partial charge on any atom is 0.129 e. The highest BCUT2D eigenvalue weighted by Gasteiger charge is 2.30. The van der Waals surface area contributed by atoms with Crippen molar-refractivity contribution in [3.05, 3.63) is 46.5 Å². The first-order valence-electron chi connectivity index (χ1n) is 7.36. The molecule has 1 unspecified atom stereocenters. The number of ether oxygens (including phenoxy) is 1. The van der Waals surface area contributed by atoms with Crippen LogP contribution in [0.2, 0.25) is 0 Å². The lowest BCUT2D eigenvalue weighted by molar-refractivity contribution is 0.00261. The molecule has 1 fully saturated rings. The van der Waals surface area contributed by atoms with Crippen molar-refractivity contribution in [3.63, 3.8) is 0 Å². The van der Waals surface area contributed by atoms with Gasteiger partial charge in [0, 0.05) is 24.0 Å². The van der Waals surface area contributed by atoms with Crippen molar-refractivity contribution in [2.24, 2.45) is 0 Å². The first-order chi connectivity index (χ1) is 10.3. The van der Waals surface area contributed by atoms with Gasteiger partial charge in [0.2, 0.25) is 0 Å². The third-order valence-corrected chi connectivity index (χ3v) is 4.44. The molecule has 0 amide bonds. The second-order valence-corrected chi connectivity index (χ2v) is 6.52. The molecular formula is C16H21NO3S. The Kier molecular flexibility index (Phi) is 5.08. The highest BCUT2D eigenvalue weighted by molar-refractivity contribution is 7.09. The summed E-state index contributed by atoms with van der Waals surface area (Å²) in [6.07, 6.45) is 3.65. The fourth-order valence-corrected chi connectivity index (χ4v) is 3.13. The van der Waals surface area contributed by atoms with E-state index in [-0.39, 0.29) is 0 Å². The van der Waals surface area contributed by atoms with Crippen LogP contribution in [-0.4, -0.2) is 35.3 Å². The zero-order valence-electron chi connectivity index (χ0n) is 12.0. The minimum atomic E-state index is -0.458.